The third kappa shape index (κ3) is 4.42. The fourth-order valence-electron chi connectivity index (χ4n) is 3.17. The normalized spacial score (nSPS) is 16.0. The third-order valence-electron chi connectivity index (χ3n) is 4.63. The van der Waals surface area contributed by atoms with Crippen LogP contribution in [0.2, 0.25) is 0 Å². The Labute approximate surface area is 142 Å². The highest BCUT2D eigenvalue weighted by Gasteiger charge is 2.20. The van der Waals surface area contributed by atoms with Crippen molar-refractivity contribution in [1.29, 1.82) is 0 Å². The van der Waals surface area contributed by atoms with Crippen molar-refractivity contribution < 1.29 is 9.18 Å². The van der Waals surface area contributed by atoms with Crippen LogP contribution >= 0.6 is 0 Å². The molecule has 3 rings (SSSR count). The number of likely N-dealkylation sites (tertiary alicyclic amines) is 1. The maximum atomic E-state index is 13.6. The van der Waals surface area contributed by atoms with Crippen LogP contribution < -0.4 is 5.32 Å². The van der Waals surface area contributed by atoms with Gasteiger partial charge in [-0.3, -0.25) is 9.69 Å². The summed E-state index contributed by atoms with van der Waals surface area (Å²) in [5, 5.41) is 2.88. The van der Waals surface area contributed by atoms with E-state index in [2.05, 4.69) is 34.5 Å². The first-order valence-corrected chi connectivity index (χ1v) is 8.51. The summed E-state index contributed by atoms with van der Waals surface area (Å²) in [6.07, 6.45) is 2.12. The molecule has 0 saturated carbocycles. The smallest absolute Gasteiger partial charge is 0.254 e. The summed E-state index contributed by atoms with van der Waals surface area (Å²) in [5.41, 5.74) is 1.46. The Hall–Kier alpha value is -2.20. The Balaban J connectivity index is 1.43. The van der Waals surface area contributed by atoms with Crippen LogP contribution in [0.4, 0.5) is 4.39 Å². The van der Waals surface area contributed by atoms with Gasteiger partial charge in [0.1, 0.15) is 5.82 Å². The van der Waals surface area contributed by atoms with Crippen LogP contribution in [0.3, 0.4) is 0 Å². The van der Waals surface area contributed by atoms with Gasteiger partial charge in [0.25, 0.3) is 5.91 Å². The highest BCUT2D eigenvalue weighted by atomic mass is 19.1. The van der Waals surface area contributed by atoms with Crippen molar-refractivity contribution in [3.63, 3.8) is 0 Å². The lowest BCUT2D eigenvalue weighted by atomic mass is 9.96. The van der Waals surface area contributed by atoms with Gasteiger partial charge in [-0.1, -0.05) is 42.5 Å². The quantitative estimate of drug-likeness (QED) is 0.912. The molecular weight excluding hydrogens is 303 g/mol. The monoisotopic (exact) mass is 326 g/mol. The van der Waals surface area contributed by atoms with Crippen LogP contribution in [-0.4, -0.2) is 30.4 Å². The zero-order valence-corrected chi connectivity index (χ0v) is 13.7. The van der Waals surface area contributed by atoms with Gasteiger partial charge in [0, 0.05) is 13.1 Å². The first-order valence-electron chi connectivity index (χ1n) is 8.51. The van der Waals surface area contributed by atoms with Crippen LogP contribution in [0.5, 0.6) is 0 Å². The van der Waals surface area contributed by atoms with Gasteiger partial charge in [-0.25, -0.2) is 4.39 Å². The number of halogens is 1. The molecule has 3 nitrogen and oxygen atoms in total. The number of carbonyl (C=O) groups excluding carboxylic acids is 1. The molecule has 1 fully saturated rings. The molecule has 1 aliphatic heterocycles. The van der Waals surface area contributed by atoms with Gasteiger partial charge in [-0.15, -0.1) is 0 Å². The Bertz CT molecular complexity index is 666. The van der Waals surface area contributed by atoms with E-state index in [4.69, 9.17) is 0 Å². The molecule has 1 heterocycles. The lowest BCUT2D eigenvalue weighted by Gasteiger charge is -2.32. The van der Waals surface area contributed by atoms with Crippen molar-refractivity contribution in [1.82, 2.24) is 10.2 Å². The molecule has 0 atom stereocenters. The molecule has 1 saturated heterocycles. The number of amides is 1. The van der Waals surface area contributed by atoms with Crippen molar-refractivity contribution in [2.24, 2.45) is 5.92 Å². The summed E-state index contributed by atoms with van der Waals surface area (Å²) in [6.45, 7) is 3.67. The molecule has 0 aromatic heterocycles. The third-order valence-corrected chi connectivity index (χ3v) is 4.63. The summed E-state index contributed by atoms with van der Waals surface area (Å²) in [5.74, 6) is -0.319. The van der Waals surface area contributed by atoms with Crippen LogP contribution in [0, 0.1) is 11.7 Å². The van der Waals surface area contributed by atoms with Crippen molar-refractivity contribution in [3.05, 3.63) is 71.5 Å². The topological polar surface area (TPSA) is 32.3 Å². The van der Waals surface area contributed by atoms with E-state index in [0.29, 0.717) is 12.5 Å². The molecule has 0 unspecified atom stereocenters. The van der Waals surface area contributed by atoms with Gasteiger partial charge in [0.15, 0.2) is 0 Å². The molecule has 2 aromatic carbocycles. The summed E-state index contributed by atoms with van der Waals surface area (Å²) in [6, 6.07) is 16.6. The standard InChI is InChI=1S/C20H23FN2O/c21-19-9-5-4-8-18(19)20(24)22-14-16-10-12-23(13-11-16)15-17-6-2-1-3-7-17/h1-9,16H,10-15H2,(H,22,24). The van der Waals surface area contributed by atoms with Crippen LogP contribution in [0.1, 0.15) is 28.8 Å². The molecule has 24 heavy (non-hydrogen) atoms. The first kappa shape index (κ1) is 16.7. The summed E-state index contributed by atoms with van der Waals surface area (Å²) in [4.78, 5) is 14.5. The zero-order chi connectivity index (χ0) is 16.8. The predicted molar refractivity (Wildman–Crippen MR) is 93.2 cm³/mol. The molecule has 126 valence electrons. The summed E-state index contributed by atoms with van der Waals surface area (Å²) >= 11 is 0. The molecule has 2 aromatic rings. The number of benzene rings is 2. The average molecular weight is 326 g/mol. The number of rotatable bonds is 5. The second-order valence-electron chi connectivity index (χ2n) is 6.39. The molecular formula is C20H23FN2O. The molecule has 0 bridgehead atoms. The number of carbonyl (C=O) groups is 1. The number of hydrogen-bond donors (Lipinski definition) is 1. The van der Waals surface area contributed by atoms with Crippen molar-refractivity contribution >= 4 is 5.91 Å². The molecule has 0 aliphatic carbocycles. The van der Waals surface area contributed by atoms with E-state index >= 15 is 0 Å². The SMILES string of the molecule is O=C(NCC1CCN(Cc2ccccc2)CC1)c1ccccc1F. The summed E-state index contributed by atoms with van der Waals surface area (Å²) < 4.78 is 13.6. The van der Waals surface area contributed by atoms with Gasteiger partial charge in [0.05, 0.1) is 5.56 Å². The molecule has 0 spiro atoms. The largest absolute Gasteiger partial charge is 0.352 e. The molecule has 0 radical (unpaired) electrons. The first-order chi connectivity index (χ1) is 11.7. The minimum atomic E-state index is -0.465. The van der Waals surface area contributed by atoms with Crippen molar-refractivity contribution in [2.75, 3.05) is 19.6 Å². The number of nitrogens with zero attached hydrogens (tertiary/aromatic N) is 1. The number of hydrogen-bond acceptors (Lipinski definition) is 2. The van der Waals surface area contributed by atoms with Crippen LogP contribution in [0.15, 0.2) is 54.6 Å². The fraction of sp³-hybridized carbons (Fsp3) is 0.350. The van der Waals surface area contributed by atoms with Gasteiger partial charge < -0.3 is 5.32 Å². The van der Waals surface area contributed by atoms with Gasteiger partial charge in [0.2, 0.25) is 0 Å². The second-order valence-corrected chi connectivity index (χ2v) is 6.39. The van der Waals surface area contributed by atoms with Crippen LogP contribution in [0.25, 0.3) is 0 Å². The van der Waals surface area contributed by atoms with Gasteiger partial charge in [-0.2, -0.15) is 0 Å². The van der Waals surface area contributed by atoms with E-state index in [1.54, 1.807) is 12.1 Å². The summed E-state index contributed by atoms with van der Waals surface area (Å²) in [7, 11) is 0. The minimum Gasteiger partial charge on any atom is -0.352 e. The number of nitrogens with one attached hydrogen (secondary N) is 1. The van der Waals surface area contributed by atoms with Crippen molar-refractivity contribution in [2.45, 2.75) is 19.4 Å². The Morgan fingerprint density at radius 3 is 2.42 bits per heavy atom. The van der Waals surface area contributed by atoms with E-state index < -0.39 is 5.82 Å². The van der Waals surface area contributed by atoms with E-state index in [0.717, 1.165) is 32.5 Å². The predicted octanol–water partition coefficient (Wildman–Crippen LogP) is 3.47. The lowest BCUT2D eigenvalue weighted by molar-refractivity contribution is 0.0931. The van der Waals surface area contributed by atoms with Gasteiger partial charge in [-0.05, 0) is 49.5 Å². The fourth-order valence-corrected chi connectivity index (χ4v) is 3.17. The van der Waals surface area contributed by atoms with Gasteiger partial charge >= 0.3 is 0 Å². The van der Waals surface area contributed by atoms with Crippen LogP contribution in [-0.2, 0) is 6.54 Å². The zero-order valence-electron chi connectivity index (χ0n) is 13.7. The Morgan fingerprint density at radius 2 is 1.71 bits per heavy atom. The average Bonchev–Trinajstić information content (AvgIpc) is 2.62. The minimum absolute atomic E-state index is 0.124. The second kappa shape index (κ2) is 8.06. The van der Waals surface area contributed by atoms with Crippen molar-refractivity contribution in [3.8, 4) is 0 Å². The van der Waals surface area contributed by atoms with E-state index in [-0.39, 0.29) is 11.5 Å². The molecule has 1 amide bonds. The highest BCUT2D eigenvalue weighted by molar-refractivity contribution is 5.94. The number of piperidine rings is 1. The lowest BCUT2D eigenvalue weighted by Crippen LogP contribution is -2.38. The molecule has 4 heteroatoms. The highest BCUT2D eigenvalue weighted by Crippen LogP contribution is 2.18. The Kier molecular flexibility index (Phi) is 5.59. The van der Waals surface area contributed by atoms with E-state index in [9.17, 15) is 9.18 Å². The maximum Gasteiger partial charge on any atom is 0.254 e. The molecule has 1 N–H and O–H groups in total. The van der Waals surface area contributed by atoms with E-state index in [1.165, 1.54) is 17.7 Å². The maximum absolute atomic E-state index is 13.6. The molecule has 1 aliphatic rings. The van der Waals surface area contributed by atoms with E-state index in [1.807, 2.05) is 6.07 Å². The Morgan fingerprint density at radius 1 is 1.04 bits per heavy atom.